The first kappa shape index (κ1) is 16.8. The summed E-state index contributed by atoms with van der Waals surface area (Å²) in [5.74, 6) is -2.40. The van der Waals surface area contributed by atoms with Gasteiger partial charge in [0.25, 0.3) is 5.92 Å². The molecule has 6 nitrogen and oxygen atoms in total. The maximum atomic E-state index is 13.7. The first-order valence-corrected chi connectivity index (χ1v) is 5.66. The molecule has 20 heavy (non-hydrogen) atoms. The lowest BCUT2D eigenvalue weighted by Gasteiger charge is -2.32. The van der Waals surface area contributed by atoms with Crippen molar-refractivity contribution in [1.29, 1.82) is 0 Å². The number of halogens is 4. The lowest BCUT2D eigenvalue weighted by molar-refractivity contribution is -0.0322. The maximum absolute atomic E-state index is 13.7. The van der Waals surface area contributed by atoms with Gasteiger partial charge >= 0.3 is 0 Å². The number of aromatic amines is 1. The number of hydrogen-bond donors (Lipinski definition) is 3. The van der Waals surface area contributed by atoms with E-state index in [1.54, 1.807) is 0 Å². The average molecular weight is 327 g/mol. The van der Waals surface area contributed by atoms with Gasteiger partial charge < -0.3 is 10.6 Å². The summed E-state index contributed by atoms with van der Waals surface area (Å²) in [5, 5.41) is 12.6. The molecule has 0 aliphatic carbocycles. The van der Waals surface area contributed by atoms with E-state index in [0.29, 0.717) is 29.8 Å². The fourth-order valence-electron chi connectivity index (χ4n) is 2.06. The quantitative estimate of drug-likeness (QED) is 0.781. The van der Waals surface area contributed by atoms with Gasteiger partial charge in [-0.3, -0.25) is 5.10 Å². The van der Waals surface area contributed by atoms with Gasteiger partial charge in [-0.05, 0) is 13.0 Å². The van der Waals surface area contributed by atoms with Crippen molar-refractivity contribution in [2.24, 2.45) is 0 Å². The summed E-state index contributed by atoms with van der Waals surface area (Å²) in [4.78, 5) is 7.97. The van der Waals surface area contributed by atoms with E-state index < -0.39 is 12.0 Å². The van der Waals surface area contributed by atoms with Gasteiger partial charge in [-0.25, -0.2) is 18.7 Å². The predicted octanol–water partition coefficient (Wildman–Crippen LogP) is 1.61. The molecule has 0 unspecified atom stereocenters. The van der Waals surface area contributed by atoms with Crippen molar-refractivity contribution in [2.75, 3.05) is 18.4 Å². The monoisotopic (exact) mass is 326 g/mol. The van der Waals surface area contributed by atoms with Gasteiger partial charge in [-0.2, -0.15) is 5.10 Å². The van der Waals surface area contributed by atoms with Gasteiger partial charge in [-0.1, -0.05) is 0 Å². The zero-order valence-electron chi connectivity index (χ0n) is 10.3. The molecular formula is C10H14Cl2F2N6. The zero-order chi connectivity index (χ0) is 12.6. The minimum absolute atomic E-state index is 0. The largest absolute Gasteiger partial charge is 0.360 e. The van der Waals surface area contributed by atoms with Crippen LogP contribution in [-0.2, 0) is 0 Å². The number of H-pyrrole nitrogens is 1. The molecule has 0 bridgehead atoms. The van der Waals surface area contributed by atoms with E-state index in [9.17, 15) is 8.78 Å². The van der Waals surface area contributed by atoms with E-state index in [2.05, 4.69) is 30.8 Å². The standard InChI is InChI=1S/C10H12F2N6.2ClH/c11-10(12)4-13-2-1-7(10)17-8-6-3-16-18-9(6)15-5-14-8;;/h3,5,7,13H,1-2,4H2,(H2,14,15,16,17,18);2*1H/t7-;;/m0../s1. The second kappa shape index (κ2) is 6.47. The van der Waals surface area contributed by atoms with Crippen LogP contribution in [0.2, 0.25) is 0 Å². The van der Waals surface area contributed by atoms with Crippen LogP contribution < -0.4 is 10.6 Å². The van der Waals surface area contributed by atoms with Gasteiger partial charge in [-0.15, -0.1) is 24.8 Å². The summed E-state index contributed by atoms with van der Waals surface area (Å²) in [6.07, 6.45) is 3.19. The lowest BCUT2D eigenvalue weighted by atomic mass is 10.0. The molecule has 2 aromatic rings. The Morgan fingerprint density at radius 3 is 2.85 bits per heavy atom. The molecule has 0 amide bonds. The Morgan fingerprint density at radius 2 is 2.10 bits per heavy atom. The number of nitrogens with zero attached hydrogens (tertiary/aromatic N) is 3. The van der Waals surface area contributed by atoms with E-state index >= 15 is 0 Å². The number of piperidine rings is 1. The van der Waals surface area contributed by atoms with Crippen LogP contribution in [0.15, 0.2) is 12.5 Å². The lowest BCUT2D eigenvalue weighted by Crippen LogP contribution is -2.52. The second-order valence-corrected chi connectivity index (χ2v) is 4.28. The molecule has 3 N–H and O–H groups in total. The second-order valence-electron chi connectivity index (χ2n) is 4.28. The number of fused-ring (bicyclic) bond motifs is 1. The first-order chi connectivity index (χ1) is 8.67. The number of rotatable bonds is 2. The number of anilines is 1. The molecule has 2 aromatic heterocycles. The van der Waals surface area contributed by atoms with Crippen molar-refractivity contribution in [2.45, 2.75) is 18.4 Å². The Bertz CT molecular complexity index is 563. The topological polar surface area (TPSA) is 78.5 Å². The fourth-order valence-corrected chi connectivity index (χ4v) is 2.06. The minimum atomic E-state index is -2.79. The van der Waals surface area contributed by atoms with Crippen LogP contribution in [0.3, 0.4) is 0 Å². The third-order valence-electron chi connectivity index (χ3n) is 3.04. The molecule has 0 aromatic carbocycles. The Hall–Kier alpha value is -1.25. The molecule has 1 saturated heterocycles. The molecule has 0 saturated carbocycles. The summed E-state index contributed by atoms with van der Waals surface area (Å²) in [6.45, 7) is 0.247. The maximum Gasteiger partial charge on any atom is 0.279 e. The van der Waals surface area contributed by atoms with E-state index in [-0.39, 0.29) is 31.4 Å². The van der Waals surface area contributed by atoms with Crippen LogP contribution >= 0.6 is 24.8 Å². The van der Waals surface area contributed by atoms with Gasteiger partial charge in [0.1, 0.15) is 12.1 Å². The van der Waals surface area contributed by atoms with Gasteiger partial charge in [0.2, 0.25) is 0 Å². The number of aromatic nitrogens is 4. The summed E-state index contributed by atoms with van der Waals surface area (Å²) < 4.78 is 27.4. The first-order valence-electron chi connectivity index (χ1n) is 5.66. The van der Waals surface area contributed by atoms with E-state index in [0.717, 1.165) is 0 Å². The molecule has 1 fully saturated rings. The summed E-state index contributed by atoms with van der Waals surface area (Å²) >= 11 is 0. The van der Waals surface area contributed by atoms with Crippen molar-refractivity contribution in [3.05, 3.63) is 12.5 Å². The molecule has 1 aliphatic rings. The third kappa shape index (κ3) is 3.08. The highest BCUT2D eigenvalue weighted by Gasteiger charge is 2.41. The van der Waals surface area contributed by atoms with Crippen LogP contribution in [0.25, 0.3) is 11.0 Å². The van der Waals surface area contributed by atoms with Crippen LogP contribution in [0, 0.1) is 0 Å². The Kier molecular flexibility index (Phi) is 5.43. The van der Waals surface area contributed by atoms with E-state index in [1.165, 1.54) is 12.5 Å². The summed E-state index contributed by atoms with van der Waals surface area (Å²) in [6, 6.07) is -0.924. The summed E-state index contributed by atoms with van der Waals surface area (Å²) in [7, 11) is 0. The Labute approximate surface area is 126 Å². The molecule has 1 aliphatic heterocycles. The van der Waals surface area contributed by atoms with Crippen LogP contribution in [-0.4, -0.2) is 45.2 Å². The molecule has 1 atom stereocenters. The number of hydrogen-bond acceptors (Lipinski definition) is 5. The normalized spacial score (nSPS) is 20.8. The smallest absolute Gasteiger partial charge is 0.279 e. The van der Waals surface area contributed by atoms with Crippen molar-refractivity contribution in [1.82, 2.24) is 25.5 Å². The van der Waals surface area contributed by atoms with Gasteiger partial charge in [0.15, 0.2) is 5.65 Å². The van der Waals surface area contributed by atoms with E-state index in [1.807, 2.05) is 0 Å². The molecule has 0 spiro atoms. The van der Waals surface area contributed by atoms with Gasteiger partial charge in [0.05, 0.1) is 24.2 Å². The van der Waals surface area contributed by atoms with Gasteiger partial charge in [0, 0.05) is 0 Å². The van der Waals surface area contributed by atoms with Crippen molar-refractivity contribution in [3.8, 4) is 0 Å². The van der Waals surface area contributed by atoms with Crippen LogP contribution in [0.5, 0.6) is 0 Å². The summed E-state index contributed by atoms with van der Waals surface area (Å²) in [5.41, 5.74) is 0.532. The van der Waals surface area contributed by atoms with Crippen molar-refractivity contribution >= 4 is 41.7 Å². The molecule has 3 rings (SSSR count). The molecule has 112 valence electrons. The highest BCUT2D eigenvalue weighted by Crippen LogP contribution is 2.27. The third-order valence-corrected chi connectivity index (χ3v) is 3.04. The average Bonchev–Trinajstić information content (AvgIpc) is 2.81. The number of nitrogens with one attached hydrogen (secondary N) is 3. The van der Waals surface area contributed by atoms with Crippen LogP contribution in [0.4, 0.5) is 14.6 Å². The van der Waals surface area contributed by atoms with Crippen molar-refractivity contribution < 1.29 is 8.78 Å². The molecular weight excluding hydrogens is 313 g/mol. The molecule has 3 heterocycles. The molecule has 10 heteroatoms. The predicted molar refractivity (Wildman–Crippen MR) is 76.0 cm³/mol. The Morgan fingerprint density at radius 1 is 1.30 bits per heavy atom. The zero-order valence-corrected chi connectivity index (χ0v) is 11.9. The van der Waals surface area contributed by atoms with E-state index in [4.69, 9.17) is 0 Å². The SMILES string of the molecule is Cl.Cl.FC1(F)CNCC[C@@H]1Nc1ncnc2[nH]ncc12. The van der Waals surface area contributed by atoms with Crippen molar-refractivity contribution in [3.63, 3.8) is 0 Å². The molecule has 0 radical (unpaired) electrons. The fraction of sp³-hybridized carbons (Fsp3) is 0.500. The van der Waals surface area contributed by atoms with Crippen LogP contribution in [0.1, 0.15) is 6.42 Å². The highest BCUT2D eigenvalue weighted by atomic mass is 35.5. The number of alkyl halides is 2. The Balaban J connectivity index is 0.000001000. The highest BCUT2D eigenvalue weighted by molar-refractivity contribution is 5.86. The minimum Gasteiger partial charge on any atom is -0.360 e.